The fraction of sp³-hybridized carbons (Fsp3) is 0.200. The summed E-state index contributed by atoms with van der Waals surface area (Å²) in [7, 11) is 0. The predicted octanol–water partition coefficient (Wildman–Crippen LogP) is 2.99. The molecule has 0 aliphatic carbocycles. The minimum atomic E-state index is -0.117. The molecule has 1 aromatic rings. The SMILES string of the molecule is [2H]CC#Cc1c([2H])c([2H])c(CI)c([2H])c1[2H]. The van der Waals surface area contributed by atoms with Gasteiger partial charge in [0.2, 0.25) is 0 Å². The second-order valence-corrected chi connectivity index (χ2v) is 2.55. The first-order chi connectivity index (χ1) is 7.54. The molecule has 0 amide bonds. The number of rotatable bonds is 1. The van der Waals surface area contributed by atoms with Gasteiger partial charge in [-0.05, 0) is 24.5 Å². The first-order valence-corrected chi connectivity index (χ1v) is 4.50. The summed E-state index contributed by atoms with van der Waals surface area (Å²) in [6, 6.07) is -0.309. The summed E-state index contributed by atoms with van der Waals surface area (Å²) in [5, 5.41) is 0. The summed E-state index contributed by atoms with van der Waals surface area (Å²) in [5.41, 5.74) is 0.475. The van der Waals surface area contributed by atoms with Gasteiger partial charge >= 0.3 is 0 Å². The molecule has 0 aliphatic heterocycles. The molecule has 0 atom stereocenters. The van der Waals surface area contributed by atoms with Crippen molar-refractivity contribution in [3.63, 3.8) is 0 Å². The number of hydrogen-bond acceptors (Lipinski definition) is 0. The molecule has 0 saturated heterocycles. The number of hydrogen-bond donors (Lipinski definition) is 0. The van der Waals surface area contributed by atoms with E-state index >= 15 is 0 Å². The van der Waals surface area contributed by atoms with E-state index in [2.05, 4.69) is 11.8 Å². The Morgan fingerprint density at radius 2 is 2.27 bits per heavy atom. The standard InChI is InChI=1S/C10H9I/c1-2-3-9-4-6-10(8-11)7-5-9/h4-7H,8H2,1H3/i1D,4D,5D,6D,7D. The third-order valence-corrected chi connectivity index (χ3v) is 1.79. The summed E-state index contributed by atoms with van der Waals surface area (Å²) in [5.74, 6) is 4.96. The molecule has 0 fully saturated rings. The lowest BCUT2D eigenvalue weighted by molar-refractivity contribution is 1.44. The van der Waals surface area contributed by atoms with E-state index < -0.39 is 0 Å². The monoisotopic (exact) mass is 261 g/mol. The van der Waals surface area contributed by atoms with Crippen LogP contribution in [0.15, 0.2) is 24.2 Å². The van der Waals surface area contributed by atoms with E-state index in [9.17, 15) is 0 Å². The highest BCUT2D eigenvalue weighted by molar-refractivity contribution is 14.1. The first-order valence-electron chi connectivity index (χ1n) is 5.68. The van der Waals surface area contributed by atoms with Crippen LogP contribution in [0.25, 0.3) is 0 Å². The minimum absolute atomic E-state index is 0.0373. The number of halogens is 1. The minimum Gasteiger partial charge on any atom is -0.101 e. The Balaban J connectivity index is 3.53. The van der Waals surface area contributed by atoms with Crippen LogP contribution in [-0.2, 0) is 4.43 Å². The van der Waals surface area contributed by atoms with Gasteiger partial charge in [0.25, 0.3) is 0 Å². The summed E-state index contributed by atoms with van der Waals surface area (Å²) in [6.07, 6.45) is 0. The third-order valence-electron chi connectivity index (χ3n) is 1.02. The van der Waals surface area contributed by atoms with Crippen LogP contribution in [0.1, 0.15) is 24.9 Å². The van der Waals surface area contributed by atoms with Crippen LogP contribution in [0.3, 0.4) is 0 Å². The average molecular weight is 261 g/mol. The van der Waals surface area contributed by atoms with E-state index in [0.29, 0.717) is 9.99 Å². The van der Waals surface area contributed by atoms with Crippen molar-refractivity contribution in [2.24, 2.45) is 0 Å². The maximum Gasteiger partial charge on any atom is 0.0636 e. The lowest BCUT2D eigenvalue weighted by Crippen LogP contribution is -1.77. The highest BCUT2D eigenvalue weighted by atomic mass is 127. The summed E-state index contributed by atoms with van der Waals surface area (Å²) < 4.78 is 38.1. The second-order valence-electron chi connectivity index (χ2n) is 1.79. The quantitative estimate of drug-likeness (QED) is 0.414. The van der Waals surface area contributed by atoms with E-state index in [1.807, 2.05) is 22.6 Å². The van der Waals surface area contributed by atoms with Gasteiger partial charge in [-0.1, -0.05) is 40.6 Å². The molecule has 0 bridgehead atoms. The van der Waals surface area contributed by atoms with Gasteiger partial charge in [-0.25, -0.2) is 0 Å². The zero-order valence-corrected chi connectivity index (χ0v) is 7.95. The zero-order valence-electron chi connectivity index (χ0n) is 10.8. The maximum absolute atomic E-state index is 7.70. The molecular formula is C10H9I. The predicted molar refractivity (Wildman–Crippen MR) is 56.7 cm³/mol. The van der Waals surface area contributed by atoms with Gasteiger partial charge in [0.05, 0.1) is 5.48 Å². The average Bonchev–Trinajstić information content (AvgIpc) is 2.27. The van der Waals surface area contributed by atoms with Crippen LogP contribution < -0.4 is 0 Å². The fourth-order valence-electron chi connectivity index (χ4n) is 0.556. The van der Waals surface area contributed by atoms with Crippen molar-refractivity contribution >= 4 is 22.6 Å². The molecule has 0 aliphatic rings. The Bertz CT molecular complexity index is 443. The van der Waals surface area contributed by atoms with Crippen LogP contribution >= 0.6 is 22.6 Å². The van der Waals surface area contributed by atoms with Crippen LogP contribution in [0.5, 0.6) is 0 Å². The molecule has 0 N–H and O–H groups in total. The molecule has 11 heavy (non-hydrogen) atoms. The van der Waals surface area contributed by atoms with Crippen LogP contribution in [0, 0.1) is 11.8 Å². The Kier molecular flexibility index (Phi) is 1.58. The summed E-state index contributed by atoms with van der Waals surface area (Å²) in [6.45, 7) is -0.117. The fourth-order valence-corrected chi connectivity index (χ4v) is 0.937. The van der Waals surface area contributed by atoms with Crippen LogP contribution in [0.4, 0.5) is 0 Å². The molecule has 0 nitrogen and oxygen atoms in total. The molecule has 0 spiro atoms. The highest BCUT2D eigenvalue weighted by Crippen LogP contribution is 2.06. The van der Waals surface area contributed by atoms with Gasteiger partial charge < -0.3 is 0 Å². The van der Waals surface area contributed by atoms with E-state index in [-0.39, 0.29) is 36.6 Å². The van der Waals surface area contributed by atoms with Crippen molar-refractivity contribution in [1.82, 2.24) is 0 Å². The zero-order chi connectivity index (χ0) is 12.3. The van der Waals surface area contributed by atoms with E-state index in [4.69, 9.17) is 6.85 Å². The molecule has 1 rings (SSSR count). The van der Waals surface area contributed by atoms with Crippen molar-refractivity contribution < 1.29 is 6.85 Å². The van der Waals surface area contributed by atoms with E-state index in [1.165, 1.54) is 0 Å². The molecular weight excluding hydrogens is 247 g/mol. The van der Waals surface area contributed by atoms with Crippen molar-refractivity contribution in [2.75, 3.05) is 0 Å². The highest BCUT2D eigenvalue weighted by Gasteiger charge is 1.88. The van der Waals surface area contributed by atoms with Crippen LogP contribution in [0.2, 0.25) is 0 Å². The van der Waals surface area contributed by atoms with Gasteiger partial charge in [0.1, 0.15) is 0 Å². The largest absolute Gasteiger partial charge is 0.101 e. The van der Waals surface area contributed by atoms with Crippen molar-refractivity contribution in [1.29, 1.82) is 0 Å². The molecule has 0 radical (unpaired) electrons. The van der Waals surface area contributed by atoms with Gasteiger partial charge in [-0.3, -0.25) is 0 Å². The lowest BCUT2D eigenvalue weighted by atomic mass is 10.2. The van der Waals surface area contributed by atoms with Gasteiger partial charge in [0, 0.05) is 11.4 Å². The molecule has 1 heteroatoms. The Labute approximate surface area is 88.2 Å². The van der Waals surface area contributed by atoms with Crippen molar-refractivity contribution in [3.8, 4) is 11.8 Å². The number of alkyl halides is 1. The van der Waals surface area contributed by atoms with E-state index in [1.54, 1.807) is 0 Å². The lowest BCUT2D eigenvalue weighted by Gasteiger charge is -1.93. The van der Waals surface area contributed by atoms with Crippen molar-refractivity contribution in [2.45, 2.75) is 11.3 Å². The Hall–Kier alpha value is -0.490. The van der Waals surface area contributed by atoms with Gasteiger partial charge in [-0.2, -0.15) is 0 Å². The molecule has 56 valence electrons. The Morgan fingerprint density at radius 1 is 1.55 bits per heavy atom. The summed E-state index contributed by atoms with van der Waals surface area (Å²) >= 11 is 2.01. The topological polar surface area (TPSA) is 0 Å². The van der Waals surface area contributed by atoms with Gasteiger partial charge in [-0.15, -0.1) is 5.92 Å². The Morgan fingerprint density at radius 3 is 2.82 bits per heavy atom. The smallest absolute Gasteiger partial charge is 0.0636 e. The molecule has 0 heterocycles. The van der Waals surface area contributed by atoms with Crippen molar-refractivity contribution in [3.05, 3.63) is 35.3 Å². The molecule has 0 aromatic heterocycles. The van der Waals surface area contributed by atoms with Crippen LogP contribution in [-0.4, -0.2) is 0 Å². The third kappa shape index (κ3) is 2.55. The molecule has 1 aromatic carbocycles. The molecule has 0 saturated carbocycles. The molecule has 0 unspecified atom stereocenters. The second kappa shape index (κ2) is 4.40. The first kappa shape index (κ1) is 3.95. The summed E-state index contributed by atoms with van der Waals surface area (Å²) in [4.78, 5) is 0. The maximum atomic E-state index is 7.70. The normalized spacial score (nSPS) is 14.8. The van der Waals surface area contributed by atoms with Gasteiger partial charge in [0.15, 0.2) is 0 Å². The van der Waals surface area contributed by atoms with E-state index in [0.717, 1.165) is 0 Å². The number of benzene rings is 1.